The van der Waals surface area contributed by atoms with E-state index in [1.54, 1.807) is 4.90 Å². The molecular weight excluding hydrogens is 240 g/mol. The molecule has 18 heavy (non-hydrogen) atoms. The number of carboxylic acids is 1. The van der Waals surface area contributed by atoms with Crippen molar-refractivity contribution in [2.45, 2.75) is 25.0 Å². The summed E-state index contributed by atoms with van der Waals surface area (Å²) in [5.41, 5.74) is 0. The summed E-state index contributed by atoms with van der Waals surface area (Å²) in [7, 11) is 0. The molecule has 7 nitrogen and oxygen atoms in total. The molecular formula is C11H18N2O5. The third-order valence-corrected chi connectivity index (χ3v) is 3.40. The average molecular weight is 258 g/mol. The van der Waals surface area contributed by atoms with E-state index >= 15 is 0 Å². The van der Waals surface area contributed by atoms with E-state index in [0.717, 1.165) is 6.42 Å². The van der Waals surface area contributed by atoms with Crippen molar-refractivity contribution < 1.29 is 24.5 Å². The van der Waals surface area contributed by atoms with E-state index in [1.807, 2.05) is 0 Å². The maximum Gasteiger partial charge on any atom is 0.326 e. The smallest absolute Gasteiger partial charge is 0.326 e. The summed E-state index contributed by atoms with van der Waals surface area (Å²) in [4.78, 5) is 26.2. The van der Waals surface area contributed by atoms with Gasteiger partial charge in [0, 0.05) is 13.1 Å². The number of nitrogens with zero attached hydrogens (tertiary/aromatic N) is 2. The molecule has 0 aromatic carbocycles. The number of aliphatic hydroxyl groups is 1. The second-order valence-electron chi connectivity index (χ2n) is 4.59. The number of ether oxygens (including phenoxy) is 1. The first-order chi connectivity index (χ1) is 8.63. The van der Waals surface area contributed by atoms with Crippen molar-refractivity contribution in [3.8, 4) is 0 Å². The van der Waals surface area contributed by atoms with Crippen LogP contribution in [0.3, 0.4) is 0 Å². The molecule has 2 heterocycles. The summed E-state index contributed by atoms with van der Waals surface area (Å²) in [5, 5.41) is 18.1. The molecule has 0 aromatic heterocycles. The number of carbonyl (C=O) groups excluding carboxylic acids is 1. The summed E-state index contributed by atoms with van der Waals surface area (Å²) in [6, 6.07) is -0.977. The third kappa shape index (κ3) is 2.56. The number of carbonyl (C=O) groups is 2. The van der Waals surface area contributed by atoms with Crippen LogP contribution in [0.2, 0.25) is 0 Å². The van der Waals surface area contributed by atoms with Gasteiger partial charge >= 0.3 is 12.0 Å². The lowest BCUT2D eigenvalue weighted by Crippen LogP contribution is -2.54. The number of aliphatic hydroxyl groups excluding tert-OH is 1. The third-order valence-electron chi connectivity index (χ3n) is 3.40. The Hall–Kier alpha value is -1.34. The molecule has 2 rings (SSSR count). The molecule has 2 saturated heterocycles. The fourth-order valence-corrected chi connectivity index (χ4v) is 2.44. The Kier molecular flexibility index (Phi) is 4.03. The molecule has 2 aliphatic heterocycles. The standard InChI is InChI=1S/C11H18N2O5/c14-7-8-6-12(4-5-18-8)11(17)13-3-1-2-9(13)10(15)16/h8-9,14H,1-7H2,(H,15,16)/t8?,9-/m0/s1. The van der Waals surface area contributed by atoms with Crippen molar-refractivity contribution in [1.29, 1.82) is 0 Å². The minimum Gasteiger partial charge on any atom is -0.480 e. The number of likely N-dealkylation sites (tertiary alicyclic amines) is 1. The van der Waals surface area contributed by atoms with E-state index < -0.39 is 12.0 Å². The van der Waals surface area contributed by atoms with Crippen molar-refractivity contribution in [2.75, 3.05) is 32.8 Å². The normalized spacial score (nSPS) is 28.5. The molecule has 1 unspecified atom stereocenters. The first-order valence-corrected chi connectivity index (χ1v) is 6.14. The van der Waals surface area contributed by atoms with Crippen LogP contribution in [-0.4, -0.2) is 77.0 Å². The molecule has 2 N–H and O–H groups in total. The summed E-state index contributed by atoms with van der Waals surface area (Å²) >= 11 is 0. The molecule has 0 bridgehead atoms. The van der Waals surface area contributed by atoms with Crippen LogP contribution < -0.4 is 0 Å². The van der Waals surface area contributed by atoms with E-state index in [1.165, 1.54) is 4.90 Å². The first-order valence-electron chi connectivity index (χ1n) is 6.14. The van der Waals surface area contributed by atoms with Gasteiger partial charge in [-0.05, 0) is 12.8 Å². The number of aliphatic carboxylic acids is 1. The van der Waals surface area contributed by atoms with Gasteiger partial charge in [-0.15, -0.1) is 0 Å². The molecule has 2 aliphatic rings. The molecule has 7 heteroatoms. The Morgan fingerprint density at radius 2 is 2.11 bits per heavy atom. The highest BCUT2D eigenvalue weighted by atomic mass is 16.5. The first kappa shape index (κ1) is 13.1. The predicted molar refractivity (Wildman–Crippen MR) is 61.2 cm³/mol. The lowest BCUT2D eigenvalue weighted by atomic mass is 10.2. The van der Waals surface area contributed by atoms with E-state index in [-0.39, 0.29) is 18.7 Å². The summed E-state index contributed by atoms with van der Waals surface area (Å²) in [6.07, 6.45) is 0.860. The number of rotatable bonds is 2. The summed E-state index contributed by atoms with van der Waals surface area (Å²) in [6.45, 7) is 1.49. The largest absolute Gasteiger partial charge is 0.480 e. The molecule has 102 valence electrons. The highest BCUT2D eigenvalue weighted by Crippen LogP contribution is 2.20. The topological polar surface area (TPSA) is 90.3 Å². The van der Waals surface area contributed by atoms with Gasteiger partial charge in [0.05, 0.1) is 25.9 Å². The van der Waals surface area contributed by atoms with Crippen molar-refractivity contribution in [1.82, 2.24) is 9.80 Å². The van der Waals surface area contributed by atoms with Crippen molar-refractivity contribution in [2.24, 2.45) is 0 Å². The maximum atomic E-state index is 12.2. The average Bonchev–Trinajstić information content (AvgIpc) is 2.87. The van der Waals surface area contributed by atoms with Gasteiger partial charge in [0.2, 0.25) is 0 Å². The lowest BCUT2D eigenvalue weighted by Gasteiger charge is -2.35. The molecule has 0 saturated carbocycles. The lowest BCUT2D eigenvalue weighted by molar-refractivity contribution is -0.141. The van der Waals surface area contributed by atoms with Gasteiger partial charge in [-0.1, -0.05) is 0 Å². The molecule has 2 amide bonds. The van der Waals surface area contributed by atoms with Gasteiger partial charge in [-0.25, -0.2) is 9.59 Å². The molecule has 0 aliphatic carbocycles. The molecule has 0 aromatic rings. The fraction of sp³-hybridized carbons (Fsp3) is 0.818. The molecule has 2 atom stereocenters. The van der Waals surface area contributed by atoms with Gasteiger partial charge in [0.1, 0.15) is 6.04 Å². The van der Waals surface area contributed by atoms with E-state index in [4.69, 9.17) is 14.9 Å². The van der Waals surface area contributed by atoms with Crippen molar-refractivity contribution in [3.05, 3.63) is 0 Å². The Morgan fingerprint density at radius 1 is 1.33 bits per heavy atom. The minimum atomic E-state index is -0.951. The fourth-order valence-electron chi connectivity index (χ4n) is 2.44. The number of morpholine rings is 1. The molecule has 0 spiro atoms. The van der Waals surface area contributed by atoms with Crippen LogP contribution in [0.4, 0.5) is 4.79 Å². The summed E-state index contributed by atoms with van der Waals surface area (Å²) < 4.78 is 5.27. The van der Waals surface area contributed by atoms with Crippen LogP contribution >= 0.6 is 0 Å². The maximum absolute atomic E-state index is 12.2. The van der Waals surface area contributed by atoms with Gasteiger partial charge in [-0.3, -0.25) is 0 Å². The molecule has 2 fully saturated rings. The monoisotopic (exact) mass is 258 g/mol. The molecule has 0 radical (unpaired) electrons. The van der Waals surface area contributed by atoms with Gasteiger partial charge < -0.3 is 24.7 Å². The number of urea groups is 1. The quantitative estimate of drug-likeness (QED) is 0.687. The minimum absolute atomic E-state index is 0.133. The Labute approximate surface area is 105 Å². The Morgan fingerprint density at radius 3 is 2.78 bits per heavy atom. The Balaban J connectivity index is 1.99. The van der Waals surface area contributed by atoms with Gasteiger partial charge in [-0.2, -0.15) is 0 Å². The van der Waals surface area contributed by atoms with Gasteiger partial charge in [0.15, 0.2) is 0 Å². The summed E-state index contributed by atoms with van der Waals surface area (Å²) in [5.74, 6) is -0.951. The van der Waals surface area contributed by atoms with Gasteiger partial charge in [0.25, 0.3) is 0 Å². The zero-order valence-corrected chi connectivity index (χ0v) is 10.1. The van der Waals surface area contributed by atoms with Crippen molar-refractivity contribution in [3.63, 3.8) is 0 Å². The number of carboxylic acid groups (broad SMARTS) is 1. The SMILES string of the molecule is O=C(O)[C@@H]1CCCN1C(=O)N1CCOC(CO)C1. The Bertz CT molecular complexity index is 335. The van der Waals surface area contributed by atoms with Crippen LogP contribution in [0.15, 0.2) is 0 Å². The van der Waals surface area contributed by atoms with E-state index in [9.17, 15) is 9.59 Å². The second-order valence-corrected chi connectivity index (χ2v) is 4.59. The second kappa shape index (κ2) is 5.53. The predicted octanol–water partition coefficient (Wildman–Crippen LogP) is -0.651. The van der Waals surface area contributed by atoms with Crippen LogP contribution in [0.25, 0.3) is 0 Å². The van der Waals surface area contributed by atoms with E-state index in [2.05, 4.69) is 0 Å². The number of hydrogen-bond acceptors (Lipinski definition) is 4. The van der Waals surface area contributed by atoms with Crippen LogP contribution in [0.5, 0.6) is 0 Å². The zero-order valence-electron chi connectivity index (χ0n) is 10.1. The van der Waals surface area contributed by atoms with Crippen LogP contribution in [-0.2, 0) is 9.53 Å². The zero-order chi connectivity index (χ0) is 13.1. The van der Waals surface area contributed by atoms with Crippen LogP contribution in [0.1, 0.15) is 12.8 Å². The highest BCUT2D eigenvalue weighted by Gasteiger charge is 2.37. The van der Waals surface area contributed by atoms with Crippen LogP contribution in [0, 0.1) is 0 Å². The highest BCUT2D eigenvalue weighted by molar-refractivity contribution is 5.83. The van der Waals surface area contributed by atoms with E-state index in [0.29, 0.717) is 32.7 Å². The van der Waals surface area contributed by atoms with Crippen molar-refractivity contribution >= 4 is 12.0 Å². The number of amides is 2. The number of hydrogen-bond donors (Lipinski definition) is 2.